The first-order chi connectivity index (χ1) is 14.0. The molecule has 6 heteroatoms. The summed E-state index contributed by atoms with van der Waals surface area (Å²) in [5.41, 5.74) is 1.20. The molecule has 0 radical (unpaired) electrons. The second-order valence-corrected chi connectivity index (χ2v) is 8.05. The van der Waals surface area contributed by atoms with Crippen LogP contribution in [0.2, 0.25) is 0 Å². The first-order valence-corrected chi connectivity index (χ1v) is 10.1. The lowest BCUT2D eigenvalue weighted by molar-refractivity contribution is -0.126. The highest BCUT2D eigenvalue weighted by molar-refractivity contribution is 5.94. The van der Waals surface area contributed by atoms with Crippen molar-refractivity contribution in [1.29, 1.82) is 0 Å². The lowest BCUT2D eigenvalue weighted by atomic mass is 9.93. The van der Waals surface area contributed by atoms with Crippen LogP contribution in [0.25, 0.3) is 0 Å². The first-order valence-electron chi connectivity index (χ1n) is 10.1. The van der Waals surface area contributed by atoms with Gasteiger partial charge in [0.1, 0.15) is 11.6 Å². The number of nitrogens with one attached hydrogen (secondary N) is 1. The third kappa shape index (κ3) is 4.16. The normalized spacial score (nSPS) is 18.3. The quantitative estimate of drug-likeness (QED) is 0.836. The van der Waals surface area contributed by atoms with Gasteiger partial charge in [0.25, 0.3) is 5.91 Å². The summed E-state index contributed by atoms with van der Waals surface area (Å²) in [4.78, 5) is 26.7. The molecule has 1 saturated heterocycles. The minimum Gasteiger partial charge on any atom is -0.355 e. The van der Waals surface area contributed by atoms with E-state index in [2.05, 4.69) is 17.4 Å². The standard InChI is InChI=1S/C23H24F2N2O2/c24-18-6-7-19(20(25)14-18)22(29)27-12-8-16(9-13-27)21(28)26-15-23(10-11-23)17-4-2-1-3-5-17/h1-7,14,16H,8-13,15H2,(H,26,28). The number of nitrogens with zero attached hydrogens (tertiary/aromatic N) is 1. The highest BCUT2D eigenvalue weighted by Gasteiger charge is 2.44. The minimum absolute atomic E-state index is 0.0206. The van der Waals surface area contributed by atoms with Crippen molar-refractivity contribution in [3.63, 3.8) is 0 Å². The molecule has 0 unspecified atom stereocenters. The second kappa shape index (κ2) is 7.93. The van der Waals surface area contributed by atoms with Crippen LogP contribution in [0.3, 0.4) is 0 Å². The number of carbonyl (C=O) groups excluding carboxylic acids is 2. The third-order valence-corrected chi connectivity index (χ3v) is 6.16. The van der Waals surface area contributed by atoms with Crippen LogP contribution in [-0.2, 0) is 10.2 Å². The molecular weight excluding hydrogens is 374 g/mol. The zero-order chi connectivity index (χ0) is 20.4. The largest absolute Gasteiger partial charge is 0.355 e. The van der Waals surface area contributed by atoms with E-state index in [1.54, 1.807) is 0 Å². The number of carbonyl (C=O) groups is 2. The molecule has 1 aliphatic heterocycles. The van der Waals surface area contributed by atoms with Crippen LogP contribution in [0.4, 0.5) is 8.78 Å². The SMILES string of the molecule is O=C(NCC1(c2ccccc2)CC1)C1CCN(C(=O)c2ccc(F)cc2F)CC1. The van der Waals surface area contributed by atoms with Gasteiger partial charge in [0, 0.05) is 37.0 Å². The molecule has 2 aliphatic rings. The maximum absolute atomic E-state index is 13.9. The molecule has 1 saturated carbocycles. The van der Waals surface area contributed by atoms with Crippen LogP contribution < -0.4 is 5.32 Å². The number of amides is 2. The monoisotopic (exact) mass is 398 g/mol. The van der Waals surface area contributed by atoms with E-state index in [0.717, 1.165) is 18.9 Å². The van der Waals surface area contributed by atoms with E-state index < -0.39 is 17.5 Å². The summed E-state index contributed by atoms with van der Waals surface area (Å²) < 4.78 is 26.9. The number of hydrogen-bond donors (Lipinski definition) is 1. The van der Waals surface area contributed by atoms with Gasteiger partial charge in [0.15, 0.2) is 0 Å². The molecule has 0 spiro atoms. The molecule has 2 aromatic rings. The summed E-state index contributed by atoms with van der Waals surface area (Å²) in [5.74, 6) is -2.15. The van der Waals surface area contributed by atoms with E-state index in [1.807, 2.05) is 18.2 Å². The fraction of sp³-hybridized carbons (Fsp3) is 0.391. The predicted octanol–water partition coefficient (Wildman–Crippen LogP) is 3.67. The molecule has 2 amide bonds. The smallest absolute Gasteiger partial charge is 0.256 e. The van der Waals surface area contributed by atoms with Crippen molar-refractivity contribution >= 4 is 11.8 Å². The Morgan fingerprint density at radius 3 is 2.34 bits per heavy atom. The summed E-state index contributed by atoms with van der Waals surface area (Å²) in [6.45, 7) is 1.41. The van der Waals surface area contributed by atoms with Crippen molar-refractivity contribution < 1.29 is 18.4 Å². The fourth-order valence-corrected chi connectivity index (χ4v) is 4.09. The summed E-state index contributed by atoms with van der Waals surface area (Å²) in [7, 11) is 0. The predicted molar refractivity (Wildman–Crippen MR) is 105 cm³/mol. The van der Waals surface area contributed by atoms with E-state index in [0.29, 0.717) is 38.5 Å². The van der Waals surface area contributed by atoms with Crippen LogP contribution in [0.15, 0.2) is 48.5 Å². The second-order valence-electron chi connectivity index (χ2n) is 8.05. The van der Waals surface area contributed by atoms with Gasteiger partial charge in [-0.05, 0) is 43.4 Å². The van der Waals surface area contributed by atoms with Crippen LogP contribution in [0, 0.1) is 17.6 Å². The van der Waals surface area contributed by atoms with Gasteiger partial charge in [0.2, 0.25) is 5.91 Å². The van der Waals surface area contributed by atoms with Crippen LogP contribution in [0.5, 0.6) is 0 Å². The van der Waals surface area contributed by atoms with Crippen molar-refractivity contribution in [1.82, 2.24) is 10.2 Å². The fourth-order valence-electron chi connectivity index (χ4n) is 4.09. The van der Waals surface area contributed by atoms with Crippen molar-refractivity contribution in [2.24, 2.45) is 5.92 Å². The van der Waals surface area contributed by atoms with E-state index >= 15 is 0 Å². The number of piperidine rings is 1. The third-order valence-electron chi connectivity index (χ3n) is 6.16. The number of likely N-dealkylation sites (tertiary alicyclic amines) is 1. The molecule has 1 N–H and O–H groups in total. The highest BCUT2D eigenvalue weighted by atomic mass is 19.1. The maximum atomic E-state index is 13.9. The molecule has 152 valence electrons. The number of halogens is 2. The van der Waals surface area contributed by atoms with Crippen molar-refractivity contribution in [2.75, 3.05) is 19.6 Å². The van der Waals surface area contributed by atoms with Gasteiger partial charge in [-0.2, -0.15) is 0 Å². The Morgan fingerprint density at radius 2 is 1.72 bits per heavy atom. The van der Waals surface area contributed by atoms with E-state index in [9.17, 15) is 18.4 Å². The number of hydrogen-bond acceptors (Lipinski definition) is 2. The summed E-state index contributed by atoms with van der Waals surface area (Å²) in [6, 6.07) is 13.2. The van der Waals surface area contributed by atoms with Gasteiger partial charge in [-0.25, -0.2) is 8.78 Å². The Bertz CT molecular complexity index is 904. The molecule has 1 heterocycles. The van der Waals surface area contributed by atoms with Crippen molar-refractivity contribution in [3.05, 3.63) is 71.3 Å². The minimum atomic E-state index is -0.856. The van der Waals surface area contributed by atoms with Crippen LogP contribution in [-0.4, -0.2) is 36.3 Å². The molecular formula is C23H24F2N2O2. The van der Waals surface area contributed by atoms with E-state index in [-0.39, 0.29) is 22.8 Å². The molecule has 2 fully saturated rings. The van der Waals surface area contributed by atoms with Crippen LogP contribution >= 0.6 is 0 Å². The van der Waals surface area contributed by atoms with Gasteiger partial charge in [-0.15, -0.1) is 0 Å². The summed E-state index contributed by atoms with van der Waals surface area (Å²) >= 11 is 0. The Kier molecular flexibility index (Phi) is 5.35. The van der Waals surface area contributed by atoms with Gasteiger partial charge >= 0.3 is 0 Å². The Hall–Kier alpha value is -2.76. The van der Waals surface area contributed by atoms with Gasteiger partial charge in [-0.3, -0.25) is 9.59 Å². The lowest BCUT2D eigenvalue weighted by Gasteiger charge is -2.32. The summed E-state index contributed by atoms with van der Waals surface area (Å²) in [5, 5.41) is 3.10. The topological polar surface area (TPSA) is 49.4 Å². The Balaban J connectivity index is 1.29. The Morgan fingerprint density at radius 1 is 1.03 bits per heavy atom. The molecule has 2 aromatic carbocycles. The molecule has 0 atom stereocenters. The zero-order valence-corrected chi connectivity index (χ0v) is 16.2. The molecule has 0 aromatic heterocycles. The first kappa shape index (κ1) is 19.6. The Labute approximate surface area is 168 Å². The van der Waals surface area contributed by atoms with Crippen molar-refractivity contribution in [2.45, 2.75) is 31.1 Å². The number of rotatable bonds is 5. The van der Waals surface area contributed by atoms with Gasteiger partial charge in [-0.1, -0.05) is 30.3 Å². The molecule has 4 rings (SSSR count). The van der Waals surface area contributed by atoms with Crippen LogP contribution in [0.1, 0.15) is 41.6 Å². The average Bonchev–Trinajstić information content (AvgIpc) is 3.54. The zero-order valence-electron chi connectivity index (χ0n) is 16.2. The van der Waals surface area contributed by atoms with Gasteiger partial charge < -0.3 is 10.2 Å². The number of benzene rings is 2. The molecule has 29 heavy (non-hydrogen) atoms. The molecule has 4 nitrogen and oxygen atoms in total. The molecule has 0 bridgehead atoms. The van der Waals surface area contributed by atoms with E-state index in [4.69, 9.17) is 0 Å². The highest BCUT2D eigenvalue weighted by Crippen LogP contribution is 2.47. The average molecular weight is 398 g/mol. The maximum Gasteiger partial charge on any atom is 0.256 e. The van der Waals surface area contributed by atoms with Crippen molar-refractivity contribution in [3.8, 4) is 0 Å². The summed E-state index contributed by atoms with van der Waals surface area (Å²) in [6.07, 6.45) is 3.23. The van der Waals surface area contributed by atoms with E-state index in [1.165, 1.54) is 16.5 Å². The van der Waals surface area contributed by atoms with Gasteiger partial charge in [0.05, 0.1) is 5.56 Å². The molecule has 1 aliphatic carbocycles. The lowest BCUT2D eigenvalue weighted by Crippen LogP contribution is -2.44.